The Balaban J connectivity index is 1.45. The number of benzene rings is 1. The Morgan fingerprint density at radius 2 is 1.92 bits per heavy atom. The SMILES string of the molecule is COc1ccc(CCNc2ncnc3c2ncn3C2CCCC2)cc1. The minimum atomic E-state index is 0.534. The predicted molar refractivity (Wildman–Crippen MR) is 98.0 cm³/mol. The Bertz CT molecular complexity index is 837. The Hall–Kier alpha value is -2.63. The van der Waals surface area contributed by atoms with E-state index < -0.39 is 0 Å². The van der Waals surface area contributed by atoms with Crippen LogP contribution in [0.25, 0.3) is 11.2 Å². The van der Waals surface area contributed by atoms with Gasteiger partial charge in [0.15, 0.2) is 11.5 Å². The number of methoxy groups -OCH3 is 1. The quantitative estimate of drug-likeness (QED) is 0.744. The molecule has 6 nitrogen and oxygen atoms in total. The van der Waals surface area contributed by atoms with Crippen molar-refractivity contribution in [2.75, 3.05) is 19.0 Å². The van der Waals surface area contributed by atoms with E-state index in [4.69, 9.17) is 4.74 Å². The first-order chi connectivity index (χ1) is 12.3. The molecule has 0 spiro atoms. The third-order valence-corrected chi connectivity index (χ3v) is 4.94. The van der Waals surface area contributed by atoms with Crippen molar-refractivity contribution in [2.45, 2.75) is 38.1 Å². The summed E-state index contributed by atoms with van der Waals surface area (Å²) in [5.74, 6) is 1.70. The number of nitrogens with zero attached hydrogens (tertiary/aromatic N) is 4. The maximum Gasteiger partial charge on any atom is 0.165 e. The highest BCUT2D eigenvalue weighted by Gasteiger charge is 2.20. The highest BCUT2D eigenvalue weighted by molar-refractivity contribution is 5.82. The van der Waals surface area contributed by atoms with Gasteiger partial charge in [0.05, 0.1) is 13.4 Å². The molecule has 4 rings (SSSR count). The second kappa shape index (κ2) is 7.09. The van der Waals surface area contributed by atoms with E-state index in [-0.39, 0.29) is 0 Å². The summed E-state index contributed by atoms with van der Waals surface area (Å²) in [5.41, 5.74) is 3.06. The van der Waals surface area contributed by atoms with E-state index in [1.165, 1.54) is 31.2 Å². The molecule has 2 heterocycles. The summed E-state index contributed by atoms with van der Waals surface area (Å²) in [6.07, 6.45) is 9.49. The number of fused-ring (bicyclic) bond motifs is 1. The number of hydrogen-bond acceptors (Lipinski definition) is 5. The third-order valence-electron chi connectivity index (χ3n) is 4.94. The van der Waals surface area contributed by atoms with Crippen LogP contribution in [0.15, 0.2) is 36.9 Å². The van der Waals surface area contributed by atoms with Crippen LogP contribution in [-0.4, -0.2) is 33.2 Å². The Morgan fingerprint density at radius 3 is 2.68 bits per heavy atom. The summed E-state index contributed by atoms with van der Waals surface area (Å²) in [6.45, 7) is 0.800. The maximum atomic E-state index is 5.19. The average Bonchev–Trinajstić information content (AvgIpc) is 3.32. The molecule has 0 saturated heterocycles. The molecule has 0 aliphatic heterocycles. The summed E-state index contributed by atoms with van der Waals surface area (Å²) >= 11 is 0. The normalized spacial score (nSPS) is 14.9. The first-order valence-electron chi connectivity index (χ1n) is 8.89. The van der Waals surface area contributed by atoms with Gasteiger partial charge in [-0.05, 0) is 37.0 Å². The van der Waals surface area contributed by atoms with Gasteiger partial charge in [0.1, 0.15) is 17.6 Å². The first kappa shape index (κ1) is 15.9. The molecule has 2 aromatic heterocycles. The minimum absolute atomic E-state index is 0.534. The van der Waals surface area contributed by atoms with E-state index in [0.29, 0.717) is 6.04 Å². The molecule has 1 N–H and O–H groups in total. The monoisotopic (exact) mass is 337 g/mol. The molecule has 1 fully saturated rings. The van der Waals surface area contributed by atoms with E-state index in [0.717, 1.165) is 35.7 Å². The van der Waals surface area contributed by atoms with Crippen LogP contribution in [0, 0.1) is 0 Å². The maximum absolute atomic E-state index is 5.19. The molecule has 3 aromatic rings. The second-order valence-electron chi connectivity index (χ2n) is 6.51. The van der Waals surface area contributed by atoms with Gasteiger partial charge in [-0.1, -0.05) is 25.0 Å². The highest BCUT2D eigenvalue weighted by atomic mass is 16.5. The lowest BCUT2D eigenvalue weighted by Gasteiger charge is -2.11. The van der Waals surface area contributed by atoms with Gasteiger partial charge in [-0.2, -0.15) is 0 Å². The van der Waals surface area contributed by atoms with Crippen LogP contribution in [0.5, 0.6) is 5.75 Å². The predicted octanol–water partition coefficient (Wildman–Crippen LogP) is 3.60. The van der Waals surface area contributed by atoms with Gasteiger partial charge in [-0.25, -0.2) is 15.0 Å². The number of hydrogen-bond donors (Lipinski definition) is 1. The number of aromatic nitrogens is 4. The van der Waals surface area contributed by atoms with Gasteiger partial charge in [-0.3, -0.25) is 0 Å². The molecular formula is C19H23N5O. The van der Waals surface area contributed by atoms with Crippen molar-refractivity contribution in [3.05, 3.63) is 42.5 Å². The van der Waals surface area contributed by atoms with Crippen LogP contribution >= 0.6 is 0 Å². The summed E-state index contributed by atoms with van der Waals surface area (Å²) in [4.78, 5) is 13.4. The van der Waals surface area contributed by atoms with E-state index in [9.17, 15) is 0 Å². The lowest BCUT2D eigenvalue weighted by atomic mass is 10.1. The molecule has 0 unspecified atom stereocenters. The number of imidazole rings is 1. The van der Waals surface area contributed by atoms with Crippen molar-refractivity contribution < 1.29 is 4.74 Å². The largest absolute Gasteiger partial charge is 0.497 e. The van der Waals surface area contributed by atoms with Crippen LogP contribution < -0.4 is 10.1 Å². The van der Waals surface area contributed by atoms with Gasteiger partial charge >= 0.3 is 0 Å². The molecule has 1 aromatic carbocycles. The fraction of sp³-hybridized carbons (Fsp3) is 0.421. The molecular weight excluding hydrogens is 314 g/mol. The van der Waals surface area contributed by atoms with Crippen molar-refractivity contribution in [3.63, 3.8) is 0 Å². The Labute approximate surface area is 147 Å². The smallest absolute Gasteiger partial charge is 0.165 e. The second-order valence-corrected chi connectivity index (χ2v) is 6.51. The molecule has 1 aliphatic carbocycles. The van der Waals surface area contributed by atoms with Crippen molar-refractivity contribution in [1.82, 2.24) is 19.5 Å². The lowest BCUT2D eigenvalue weighted by molar-refractivity contribution is 0.414. The van der Waals surface area contributed by atoms with E-state index in [1.807, 2.05) is 18.5 Å². The summed E-state index contributed by atoms with van der Waals surface area (Å²) in [6, 6.07) is 8.69. The average molecular weight is 337 g/mol. The van der Waals surface area contributed by atoms with E-state index >= 15 is 0 Å². The van der Waals surface area contributed by atoms with Crippen LogP contribution in [0.3, 0.4) is 0 Å². The van der Waals surface area contributed by atoms with Gasteiger partial charge in [-0.15, -0.1) is 0 Å². The lowest BCUT2D eigenvalue weighted by Crippen LogP contribution is -2.08. The van der Waals surface area contributed by atoms with Crippen molar-refractivity contribution in [2.24, 2.45) is 0 Å². The van der Waals surface area contributed by atoms with Crippen molar-refractivity contribution >= 4 is 17.0 Å². The van der Waals surface area contributed by atoms with Crippen LogP contribution in [-0.2, 0) is 6.42 Å². The topological polar surface area (TPSA) is 64.9 Å². The van der Waals surface area contributed by atoms with Crippen LogP contribution in [0.4, 0.5) is 5.82 Å². The van der Waals surface area contributed by atoms with Gasteiger partial charge < -0.3 is 14.6 Å². The molecule has 0 amide bonds. The zero-order valence-corrected chi connectivity index (χ0v) is 14.5. The molecule has 0 radical (unpaired) electrons. The zero-order valence-electron chi connectivity index (χ0n) is 14.5. The fourth-order valence-electron chi connectivity index (χ4n) is 3.55. The molecule has 6 heteroatoms. The number of rotatable bonds is 6. The molecule has 0 atom stereocenters. The third kappa shape index (κ3) is 3.29. The number of anilines is 1. The molecule has 25 heavy (non-hydrogen) atoms. The fourth-order valence-corrected chi connectivity index (χ4v) is 3.55. The van der Waals surface area contributed by atoms with Gasteiger partial charge in [0.25, 0.3) is 0 Å². The Kier molecular flexibility index (Phi) is 4.50. The first-order valence-corrected chi connectivity index (χ1v) is 8.89. The minimum Gasteiger partial charge on any atom is -0.497 e. The van der Waals surface area contributed by atoms with E-state index in [1.54, 1.807) is 13.4 Å². The van der Waals surface area contributed by atoms with Gasteiger partial charge in [0, 0.05) is 12.6 Å². The molecule has 130 valence electrons. The van der Waals surface area contributed by atoms with Gasteiger partial charge in [0.2, 0.25) is 0 Å². The summed E-state index contributed by atoms with van der Waals surface area (Å²) < 4.78 is 7.41. The van der Waals surface area contributed by atoms with Crippen molar-refractivity contribution in [1.29, 1.82) is 0 Å². The Morgan fingerprint density at radius 1 is 1.12 bits per heavy atom. The van der Waals surface area contributed by atoms with Crippen LogP contribution in [0.1, 0.15) is 37.3 Å². The van der Waals surface area contributed by atoms with Crippen molar-refractivity contribution in [3.8, 4) is 5.75 Å². The molecule has 1 saturated carbocycles. The summed E-state index contributed by atoms with van der Waals surface area (Å²) in [5, 5.41) is 3.41. The number of nitrogens with one attached hydrogen (secondary N) is 1. The standard InChI is InChI=1S/C19H23N5O/c1-25-16-8-6-14(7-9-16)10-11-20-18-17-19(22-12-21-18)24(13-23-17)15-4-2-3-5-15/h6-9,12-13,15H,2-5,10-11H2,1H3,(H,20,21,22). The highest BCUT2D eigenvalue weighted by Crippen LogP contribution is 2.32. The number of ether oxygens (including phenoxy) is 1. The van der Waals surface area contributed by atoms with Crippen LogP contribution in [0.2, 0.25) is 0 Å². The van der Waals surface area contributed by atoms with E-state index in [2.05, 4.69) is 37.0 Å². The summed E-state index contributed by atoms with van der Waals surface area (Å²) in [7, 11) is 1.68. The molecule has 1 aliphatic rings. The zero-order chi connectivity index (χ0) is 17.1. The molecule has 0 bridgehead atoms.